The molecule has 0 unspecified atom stereocenters. The van der Waals surface area contributed by atoms with E-state index in [4.69, 9.17) is 9.47 Å². The van der Waals surface area contributed by atoms with E-state index >= 15 is 0 Å². The Hall–Kier alpha value is -1.59. The Morgan fingerprint density at radius 2 is 2.04 bits per heavy atom. The third kappa shape index (κ3) is 4.73. The first-order chi connectivity index (χ1) is 12.0. The van der Waals surface area contributed by atoms with Crippen molar-refractivity contribution < 1.29 is 14.3 Å². The van der Waals surface area contributed by atoms with Gasteiger partial charge in [0, 0.05) is 32.2 Å². The van der Waals surface area contributed by atoms with Crippen LogP contribution in [0.4, 0.5) is 0 Å². The van der Waals surface area contributed by atoms with Gasteiger partial charge in [-0.15, -0.1) is 0 Å². The first-order valence-corrected chi connectivity index (χ1v) is 9.35. The van der Waals surface area contributed by atoms with Gasteiger partial charge in [-0.1, -0.05) is 12.1 Å². The Bertz CT molecular complexity index is 582. The van der Waals surface area contributed by atoms with Gasteiger partial charge < -0.3 is 14.4 Å². The fraction of sp³-hybridized carbons (Fsp3) is 0.650. The molecule has 0 aliphatic carbocycles. The van der Waals surface area contributed by atoms with Crippen molar-refractivity contribution in [2.24, 2.45) is 0 Å². The summed E-state index contributed by atoms with van der Waals surface area (Å²) < 4.78 is 11.1. The number of methoxy groups -OCH3 is 1. The minimum absolute atomic E-state index is 0.227. The van der Waals surface area contributed by atoms with E-state index < -0.39 is 0 Å². The van der Waals surface area contributed by atoms with Crippen LogP contribution in [0.5, 0.6) is 5.75 Å². The Balaban J connectivity index is 1.59. The maximum atomic E-state index is 12.8. The van der Waals surface area contributed by atoms with E-state index in [-0.39, 0.29) is 18.1 Å². The molecule has 0 radical (unpaired) electrons. The zero-order chi connectivity index (χ0) is 17.8. The van der Waals surface area contributed by atoms with E-state index in [1.165, 1.54) is 0 Å². The third-order valence-corrected chi connectivity index (χ3v) is 5.15. The molecular formula is C20H30N2O3. The molecule has 138 valence electrons. The van der Waals surface area contributed by atoms with E-state index in [0.717, 1.165) is 50.3 Å². The summed E-state index contributed by atoms with van der Waals surface area (Å²) in [5.41, 5.74) is 1.02. The molecule has 1 aromatic rings. The number of morpholine rings is 1. The van der Waals surface area contributed by atoms with E-state index in [0.29, 0.717) is 12.5 Å². The molecule has 2 fully saturated rings. The van der Waals surface area contributed by atoms with E-state index in [1.807, 2.05) is 24.3 Å². The number of amides is 1. The molecule has 2 heterocycles. The van der Waals surface area contributed by atoms with Crippen LogP contribution in [0.2, 0.25) is 0 Å². The highest BCUT2D eigenvalue weighted by Crippen LogP contribution is 2.22. The topological polar surface area (TPSA) is 42.0 Å². The number of hydrogen-bond acceptors (Lipinski definition) is 4. The number of carbonyl (C=O) groups is 1. The fourth-order valence-electron chi connectivity index (χ4n) is 4.14. The monoisotopic (exact) mass is 346 g/mol. The zero-order valence-corrected chi connectivity index (χ0v) is 15.6. The molecule has 0 spiro atoms. The van der Waals surface area contributed by atoms with E-state index in [2.05, 4.69) is 23.6 Å². The van der Waals surface area contributed by atoms with Crippen LogP contribution in [0.1, 0.15) is 32.3 Å². The van der Waals surface area contributed by atoms with Crippen molar-refractivity contribution >= 4 is 5.91 Å². The Morgan fingerprint density at radius 3 is 2.76 bits per heavy atom. The molecule has 1 aromatic carbocycles. The van der Waals surface area contributed by atoms with Crippen LogP contribution in [-0.4, -0.2) is 67.2 Å². The smallest absolute Gasteiger partial charge is 0.227 e. The number of nitrogens with zero attached hydrogens (tertiary/aromatic N) is 2. The van der Waals surface area contributed by atoms with Gasteiger partial charge in [0.25, 0.3) is 0 Å². The van der Waals surface area contributed by atoms with Crippen LogP contribution in [-0.2, 0) is 16.0 Å². The van der Waals surface area contributed by atoms with Crippen LogP contribution < -0.4 is 4.74 Å². The standard InChI is InChI=1S/C20H30N2O3/c1-15-12-21(13-16(2)25-15)14-18-7-5-9-22(18)20(23)11-17-6-4-8-19(10-17)24-3/h4,6,8,10,15-16,18H,5,7,9,11-14H2,1-3H3/t15-,16+,18-/m0/s1. The van der Waals surface area contributed by atoms with Gasteiger partial charge in [0.15, 0.2) is 0 Å². The predicted octanol–water partition coefficient (Wildman–Crippen LogP) is 2.34. The highest BCUT2D eigenvalue weighted by Gasteiger charge is 2.32. The Kier molecular flexibility index (Phi) is 5.97. The molecule has 0 aromatic heterocycles. The number of hydrogen-bond donors (Lipinski definition) is 0. The van der Waals surface area contributed by atoms with Crippen molar-refractivity contribution in [1.82, 2.24) is 9.80 Å². The highest BCUT2D eigenvalue weighted by molar-refractivity contribution is 5.79. The summed E-state index contributed by atoms with van der Waals surface area (Å²) in [5.74, 6) is 1.03. The molecule has 2 saturated heterocycles. The number of likely N-dealkylation sites (tertiary alicyclic amines) is 1. The second-order valence-corrected chi connectivity index (χ2v) is 7.39. The van der Waals surface area contributed by atoms with Crippen LogP contribution in [0, 0.1) is 0 Å². The molecule has 0 N–H and O–H groups in total. The van der Waals surface area contributed by atoms with Gasteiger partial charge in [-0.25, -0.2) is 0 Å². The lowest BCUT2D eigenvalue weighted by molar-refractivity contribution is -0.132. The lowest BCUT2D eigenvalue weighted by Crippen LogP contribution is -2.51. The molecule has 2 aliphatic rings. The second-order valence-electron chi connectivity index (χ2n) is 7.39. The largest absolute Gasteiger partial charge is 0.497 e. The molecular weight excluding hydrogens is 316 g/mol. The van der Waals surface area contributed by atoms with Crippen molar-refractivity contribution in [1.29, 1.82) is 0 Å². The van der Waals surface area contributed by atoms with E-state index in [9.17, 15) is 4.79 Å². The lowest BCUT2D eigenvalue weighted by Gasteiger charge is -2.38. The van der Waals surface area contributed by atoms with Crippen molar-refractivity contribution in [2.45, 2.75) is 51.4 Å². The first kappa shape index (κ1) is 18.2. The van der Waals surface area contributed by atoms with Crippen molar-refractivity contribution in [3.63, 3.8) is 0 Å². The molecule has 0 bridgehead atoms. The summed E-state index contributed by atoms with van der Waals surface area (Å²) in [6.07, 6.45) is 3.19. The highest BCUT2D eigenvalue weighted by atomic mass is 16.5. The molecule has 5 nitrogen and oxygen atoms in total. The van der Waals surface area contributed by atoms with Gasteiger partial charge in [-0.2, -0.15) is 0 Å². The number of ether oxygens (including phenoxy) is 2. The normalized spacial score (nSPS) is 27.5. The Labute approximate surface area is 150 Å². The van der Waals surface area contributed by atoms with Crippen molar-refractivity contribution in [3.8, 4) is 5.75 Å². The maximum Gasteiger partial charge on any atom is 0.227 e. The summed E-state index contributed by atoms with van der Waals surface area (Å²) in [7, 11) is 1.65. The number of rotatable bonds is 5. The zero-order valence-electron chi connectivity index (χ0n) is 15.6. The van der Waals surface area contributed by atoms with Gasteiger partial charge in [-0.3, -0.25) is 9.69 Å². The minimum atomic E-state index is 0.227. The molecule has 5 heteroatoms. The summed E-state index contributed by atoms with van der Waals surface area (Å²) in [6.45, 7) is 8.01. The van der Waals surface area contributed by atoms with Gasteiger partial charge in [0.2, 0.25) is 5.91 Å². The molecule has 0 saturated carbocycles. The maximum absolute atomic E-state index is 12.8. The Morgan fingerprint density at radius 1 is 1.28 bits per heavy atom. The summed E-state index contributed by atoms with van der Waals surface area (Å²) in [6, 6.07) is 8.13. The number of benzene rings is 1. The SMILES string of the molecule is COc1cccc(CC(=O)N2CCC[C@H]2CN2C[C@@H](C)O[C@@H](C)C2)c1. The average Bonchev–Trinajstić information content (AvgIpc) is 3.02. The first-order valence-electron chi connectivity index (χ1n) is 9.35. The summed E-state index contributed by atoms with van der Waals surface area (Å²) >= 11 is 0. The average molecular weight is 346 g/mol. The molecule has 3 rings (SSSR count). The van der Waals surface area contributed by atoms with Crippen molar-refractivity contribution in [2.75, 3.05) is 33.3 Å². The quantitative estimate of drug-likeness (QED) is 0.821. The molecule has 3 atom stereocenters. The van der Waals surface area contributed by atoms with Gasteiger partial charge in [-0.05, 0) is 44.4 Å². The van der Waals surface area contributed by atoms with Gasteiger partial charge >= 0.3 is 0 Å². The van der Waals surface area contributed by atoms with Crippen LogP contribution >= 0.6 is 0 Å². The fourth-order valence-corrected chi connectivity index (χ4v) is 4.14. The number of carbonyl (C=O) groups excluding carboxylic acids is 1. The van der Waals surface area contributed by atoms with Crippen LogP contribution in [0.25, 0.3) is 0 Å². The van der Waals surface area contributed by atoms with Crippen molar-refractivity contribution in [3.05, 3.63) is 29.8 Å². The molecule has 25 heavy (non-hydrogen) atoms. The van der Waals surface area contributed by atoms with E-state index in [1.54, 1.807) is 7.11 Å². The molecule has 1 amide bonds. The van der Waals surface area contributed by atoms with Crippen LogP contribution in [0.15, 0.2) is 24.3 Å². The third-order valence-electron chi connectivity index (χ3n) is 5.15. The minimum Gasteiger partial charge on any atom is -0.497 e. The summed E-state index contributed by atoms with van der Waals surface area (Å²) in [5, 5.41) is 0. The van der Waals surface area contributed by atoms with Crippen LogP contribution in [0.3, 0.4) is 0 Å². The summed E-state index contributed by atoms with van der Waals surface area (Å²) in [4.78, 5) is 17.4. The van der Waals surface area contributed by atoms with Gasteiger partial charge in [0.05, 0.1) is 25.7 Å². The van der Waals surface area contributed by atoms with Gasteiger partial charge in [0.1, 0.15) is 5.75 Å². The predicted molar refractivity (Wildman–Crippen MR) is 97.9 cm³/mol. The second kappa shape index (κ2) is 8.19. The molecule has 2 aliphatic heterocycles. The lowest BCUT2D eigenvalue weighted by atomic mass is 10.1.